The maximum atomic E-state index is 11.7. The number of non-ortho nitro benzene ring substituents is 1. The predicted octanol–water partition coefficient (Wildman–Crippen LogP) is 0.983. The van der Waals surface area contributed by atoms with Crippen molar-refractivity contribution in [2.24, 2.45) is 0 Å². The third-order valence-corrected chi connectivity index (χ3v) is 3.63. The van der Waals surface area contributed by atoms with Crippen LogP contribution in [0.5, 0.6) is 0 Å². The molecule has 2 N–H and O–H groups in total. The van der Waals surface area contributed by atoms with Gasteiger partial charge >= 0.3 is 11.2 Å². The van der Waals surface area contributed by atoms with E-state index in [1.807, 2.05) is 0 Å². The predicted molar refractivity (Wildman–Crippen MR) is 71.8 cm³/mol. The first-order valence-electron chi connectivity index (χ1n) is 5.47. The van der Waals surface area contributed by atoms with Crippen LogP contribution < -0.4 is 10.6 Å². The largest absolute Gasteiger partial charge is 0.375 e. The minimum Gasteiger partial charge on any atom is -0.375 e. The first-order valence-corrected chi connectivity index (χ1v) is 6.28. The van der Waals surface area contributed by atoms with Gasteiger partial charge in [-0.05, 0) is 4.90 Å². The third kappa shape index (κ3) is 1.87. The SMILES string of the molecule is Nc1ncc(-c2c([N+](=O)[O-])cc([N+](=O)[O-])c3no[n+]([O-])c23)s1. The van der Waals surface area contributed by atoms with E-state index in [0.29, 0.717) is 0 Å². The number of nitrogens with zero attached hydrogens (tertiary/aromatic N) is 5. The van der Waals surface area contributed by atoms with Crippen LogP contribution in [-0.4, -0.2) is 20.0 Å². The second-order valence-corrected chi connectivity index (χ2v) is 5.06. The Morgan fingerprint density at radius 2 is 1.95 bits per heavy atom. The van der Waals surface area contributed by atoms with Gasteiger partial charge in [-0.3, -0.25) is 24.9 Å². The number of benzene rings is 1. The highest BCUT2D eigenvalue weighted by Crippen LogP contribution is 2.41. The molecule has 0 unspecified atom stereocenters. The van der Waals surface area contributed by atoms with Crippen molar-refractivity contribution in [2.75, 3.05) is 5.73 Å². The lowest BCUT2D eigenvalue weighted by Crippen LogP contribution is -2.23. The molecule has 0 aliphatic heterocycles. The van der Waals surface area contributed by atoms with Gasteiger partial charge in [-0.2, -0.15) is 0 Å². The maximum Gasteiger partial charge on any atom is 0.333 e. The zero-order chi connectivity index (χ0) is 16.0. The van der Waals surface area contributed by atoms with Crippen LogP contribution in [0, 0.1) is 25.4 Å². The Kier molecular flexibility index (Phi) is 2.84. The number of hydrogen-bond acceptors (Lipinski definition) is 10. The highest BCUT2D eigenvalue weighted by molar-refractivity contribution is 7.18. The summed E-state index contributed by atoms with van der Waals surface area (Å²) in [7, 11) is 0. The number of rotatable bonds is 3. The number of nitrogen functional groups attached to an aromatic ring is 1. The van der Waals surface area contributed by atoms with Crippen molar-refractivity contribution in [1.82, 2.24) is 10.1 Å². The number of aromatic nitrogens is 3. The molecule has 112 valence electrons. The van der Waals surface area contributed by atoms with E-state index in [1.165, 1.54) is 6.20 Å². The molecule has 0 bridgehead atoms. The molecule has 3 aromatic rings. The summed E-state index contributed by atoms with van der Waals surface area (Å²) in [6.07, 6.45) is 1.22. The molecular formula is C9H4N6O6S. The molecule has 13 heteroatoms. The van der Waals surface area contributed by atoms with Crippen LogP contribution in [0.3, 0.4) is 0 Å². The second-order valence-electron chi connectivity index (χ2n) is 3.99. The Balaban J connectivity index is 2.51. The number of nitrogens with two attached hydrogens (primary N) is 1. The molecule has 0 saturated carbocycles. The normalized spacial score (nSPS) is 10.9. The van der Waals surface area contributed by atoms with E-state index >= 15 is 0 Å². The van der Waals surface area contributed by atoms with E-state index in [4.69, 9.17) is 5.73 Å². The number of nitro benzene ring substituents is 2. The summed E-state index contributed by atoms with van der Waals surface area (Å²) >= 11 is 0.884. The van der Waals surface area contributed by atoms with Crippen LogP contribution in [0.1, 0.15) is 0 Å². The first-order chi connectivity index (χ1) is 10.4. The molecule has 0 aliphatic rings. The first kappa shape index (κ1) is 13.6. The lowest BCUT2D eigenvalue weighted by Gasteiger charge is -2.00. The van der Waals surface area contributed by atoms with Crippen LogP contribution in [0.2, 0.25) is 0 Å². The molecular weight excluding hydrogens is 320 g/mol. The van der Waals surface area contributed by atoms with Crippen molar-refractivity contribution in [3.63, 3.8) is 0 Å². The van der Waals surface area contributed by atoms with Crippen LogP contribution in [0.15, 0.2) is 16.9 Å². The van der Waals surface area contributed by atoms with Crippen molar-refractivity contribution >= 4 is 38.9 Å². The number of hydrogen-bond donors (Lipinski definition) is 1. The highest BCUT2D eigenvalue weighted by atomic mass is 32.1. The van der Waals surface area contributed by atoms with Crippen molar-refractivity contribution in [3.8, 4) is 10.4 Å². The van der Waals surface area contributed by atoms with E-state index in [1.54, 1.807) is 0 Å². The van der Waals surface area contributed by atoms with Crippen molar-refractivity contribution < 1.29 is 19.4 Å². The van der Waals surface area contributed by atoms with Gasteiger partial charge in [0.15, 0.2) is 5.13 Å². The van der Waals surface area contributed by atoms with Gasteiger partial charge < -0.3 is 10.9 Å². The lowest BCUT2D eigenvalue weighted by atomic mass is 10.1. The van der Waals surface area contributed by atoms with E-state index in [9.17, 15) is 25.4 Å². The summed E-state index contributed by atoms with van der Waals surface area (Å²) in [6.45, 7) is 0. The maximum absolute atomic E-state index is 11.7. The number of thiazole rings is 1. The molecule has 12 nitrogen and oxygen atoms in total. The Morgan fingerprint density at radius 3 is 2.50 bits per heavy atom. The van der Waals surface area contributed by atoms with Gasteiger partial charge in [-0.25, -0.2) is 4.98 Å². The van der Waals surface area contributed by atoms with Crippen LogP contribution in [-0.2, 0) is 0 Å². The molecule has 1 aromatic carbocycles. The van der Waals surface area contributed by atoms with Crippen molar-refractivity contribution in [1.29, 1.82) is 0 Å². The Hall–Kier alpha value is -3.35. The van der Waals surface area contributed by atoms with Crippen molar-refractivity contribution in [3.05, 3.63) is 37.7 Å². The van der Waals surface area contributed by atoms with Crippen LogP contribution in [0.25, 0.3) is 21.5 Å². The third-order valence-electron chi connectivity index (χ3n) is 2.79. The van der Waals surface area contributed by atoms with Crippen LogP contribution in [0.4, 0.5) is 16.5 Å². The average molecular weight is 324 g/mol. The number of anilines is 1. The summed E-state index contributed by atoms with van der Waals surface area (Å²) in [5, 5.41) is 37.4. The van der Waals surface area contributed by atoms with Crippen molar-refractivity contribution in [2.45, 2.75) is 0 Å². The highest BCUT2D eigenvalue weighted by Gasteiger charge is 2.35. The molecule has 0 fully saturated rings. The summed E-state index contributed by atoms with van der Waals surface area (Å²) in [4.78, 5) is 24.3. The molecule has 0 atom stereocenters. The fraction of sp³-hybridized carbons (Fsp3) is 0. The topological polar surface area (TPSA) is 178 Å². The molecule has 0 aliphatic carbocycles. The molecule has 0 amide bonds. The quantitative estimate of drug-likeness (QED) is 0.417. The van der Waals surface area contributed by atoms with Gasteiger partial charge in [0, 0.05) is 6.20 Å². The minimum atomic E-state index is -0.886. The van der Waals surface area contributed by atoms with E-state index in [-0.39, 0.29) is 20.5 Å². The van der Waals surface area contributed by atoms with Crippen LogP contribution >= 0.6 is 11.3 Å². The summed E-state index contributed by atoms with van der Waals surface area (Å²) in [6, 6.07) is 0.718. The second kappa shape index (κ2) is 4.59. The van der Waals surface area contributed by atoms with Gasteiger partial charge in [-0.15, -0.1) is 0 Å². The smallest absolute Gasteiger partial charge is 0.333 e. The summed E-state index contributed by atoms with van der Waals surface area (Å²) in [5.41, 5.74) is 3.13. The van der Waals surface area contributed by atoms with Gasteiger partial charge in [0.05, 0.1) is 25.9 Å². The molecule has 0 radical (unpaired) electrons. The van der Waals surface area contributed by atoms with Gasteiger partial charge in [0.1, 0.15) is 5.56 Å². The lowest BCUT2D eigenvalue weighted by molar-refractivity contribution is -0.782. The zero-order valence-corrected chi connectivity index (χ0v) is 11.1. The fourth-order valence-electron chi connectivity index (χ4n) is 1.95. The standard InChI is InChI=1S/C9H4N6O6S/c10-9-11-2-5(22-9)6-3(13(16)17)1-4(14(18)19)7-8(6)15(20)21-12-7/h1-2H,(H2,10,11). The Bertz CT molecular complexity index is 932. The van der Waals surface area contributed by atoms with Gasteiger partial charge in [0.25, 0.3) is 5.69 Å². The van der Waals surface area contributed by atoms with E-state index < -0.39 is 32.3 Å². The summed E-state index contributed by atoms with van der Waals surface area (Å²) in [5.74, 6) is 0. The molecule has 22 heavy (non-hydrogen) atoms. The molecule has 0 spiro atoms. The number of fused-ring (bicyclic) bond motifs is 1. The Labute approximate surface area is 123 Å². The van der Waals surface area contributed by atoms with Gasteiger partial charge in [-0.1, -0.05) is 11.3 Å². The van der Waals surface area contributed by atoms with E-state index in [2.05, 4.69) is 14.8 Å². The molecule has 2 aromatic heterocycles. The van der Waals surface area contributed by atoms with Gasteiger partial charge in [0.2, 0.25) is 5.52 Å². The monoisotopic (exact) mass is 324 g/mol. The average Bonchev–Trinajstić information content (AvgIpc) is 3.04. The molecule has 3 rings (SSSR count). The zero-order valence-electron chi connectivity index (χ0n) is 10.3. The molecule has 0 saturated heterocycles. The Morgan fingerprint density at radius 1 is 1.27 bits per heavy atom. The summed E-state index contributed by atoms with van der Waals surface area (Å²) < 4.78 is 4.35. The molecule has 2 heterocycles. The fourth-order valence-corrected chi connectivity index (χ4v) is 2.69. The number of nitro groups is 2. The van der Waals surface area contributed by atoms with E-state index in [0.717, 1.165) is 17.4 Å². The minimum absolute atomic E-state index is 0.115.